The van der Waals surface area contributed by atoms with E-state index < -0.39 is 0 Å². The number of ether oxygens (including phenoxy) is 2. The Morgan fingerprint density at radius 3 is 2.54 bits per heavy atom. The van der Waals surface area contributed by atoms with Crippen LogP contribution in [0.25, 0.3) is 33.6 Å². The predicted octanol–water partition coefficient (Wildman–Crippen LogP) is 5.54. The van der Waals surface area contributed by atoms with Gasteiger partial charge >= 0.3 is 0 Å². The molecule has 3 aliphatic carbocycles. The number of rotatable bonds is 10. The molecule has 4 atom stereocenters. The molecule has 11 heteroatoms. The summed E-state index contributed by atoms with van der Waals surface area (Å²) in [6.07, 6.45) is 6.66. The van der Waals surface area contributed by atoms with Gasteiger partial charge < -0.3 is 28.4 Å². The van der Waals surface area contributed by atoms with Crippen LogP contribution in [0.4, 0.5) is 5.82 Å². The first-order valence-electron chi connectivity index (χ1n) is 18.1. The van der Waals surface area contributed by atoms with E-state index in [2.05, 4.69) is 42.1 Å². The molecule has 0 spiro atoms. The average Bonchev–Trinajstić information content (AvgIpc) is 3.76. The van der Waals surface area contributed by atoms with Gasteiger partial charge in [-0.25, -0.2) is 9.97 Å². The minimum Gasteiger partial charge on any atom is -0.494 e. The Morgan fingerprint density at radius 2 is 1.78 bits per heavy atom. The van der Waals surface area contributed by atoms with Crippen molar-refractivity contribution < 1.29 is 14.3 Å². The first-order valence-corrected chi connectivity index (χ1v) is 18.1. The molecule has 0 N–H and O–H groups in total. The van der Waals surface area contributed by atoms with E-state index >= 15 is 0 Å². The SMILES string of the molecule is C/N=C/c1cccc(N2CC(Cn3c(-c4cc5ccc(OC)nc5n4CC4CC4)nc4cc(C(=O)N5CC6CC7CC5[C@H]76)cc(OC)c43)C2)n1. The molecule has 3 unspecified atom stereocenters. The number of hydrogen-bond acceptors (Lipinski definition) is 8. The summed E-state index contributed by atoms with van der Waals surface area (Å²) in [5.74, 6) is 6.46. The number of hydrogen-bond donors (Lipinski definition) is 0. The third-order valence-electron chi connectivity index (χ3n) is 12.1. The Kier molecular flexibility index (Phi) is 6.76. The Morgan fingerprint density at radius 1 is 0.920 bits per heavy atom. The summed E-state index contributed by atoms with van der Waals surface area (Å²) in [7, 11) is 5.13. The van der Waals surface area contributed by atoms with Crippen LogP contribution in [0.1, 0.15) is 41.7 Å². The highest BCUT2D eigenvalue weighted by Crippen LogP contribution is 2.61. The lowest BCUT2D eigenvalue weighted by Crippen LogP contribution is -2.53. The number of anilines is 1. The number of likely N-dealkylation sites (tertiary alicyclic amines) is 1. The largest absolute Gasteiger partial charge is 0.494 e. The highest BCUT2D eigenvalue weighted by molar-refractivity contribution is 6.00. The molecule has 2 aliphatic heterocycles. The van der Waals surface area contributed by atoms with Crippen molar-refractivity contribution in [2.24, 2.45) is 34.6 Å². The van der Waals surface area contributed by atoms with Gasteiger partial charge in [-0.3, -0.25) is 9.79 Å². The lowest BCUT2D eigenvalue weighted by atomic mass is 9.53. The Balaban J connectivity index is 1.06. The third kappa shape index (κ3) is 4.65. The zero-order valence-electron chi connectivity index (χ0n) is 28.8. The van der Waals surface area contributed by atoms with Gasteiger partial charge in [0.05, 0.1) is 31.1 Å². The average molecular weight is 671 g/mol. The van der Waals surface area contributed by atoms with Crippen LogP contribution >= 0.6 is 0 Å². The molecular weight excluding hydrogens is 628 g/mol. The number of carbonyl (C=O) groups is 1. The zero-order valence-corrected chi connectivity index (χ0v) is 28.8. The van der Waals surface area contributed by atoms with Crippen LogP contribution in [0.15, 0.2) is 53.5 Å². The molecule has 50 heavy (non-hydrogen) atoms. The Bertz CT molecular complexity index is 2190. The number of imidazole rings is 1. The Labute approximate surface area is 290 Å². The fourth-order valence-electron chi connectivity index (χ4n) is 9.35. The van der Waals surface area contributed by atoms with Crippen molar-refractivity contribution in [3.63, 3.8) is 0 Å². The fraction of sp³-hybridized carbons (Fsp3) is 0.462. The van der Waals surface area contributed by atoms with Crippen LogP contribution < -0.4 is 14.4 Å². The van der Waals surface area contributed by atoms with Crippen molar-refractivity contribution in [3.8, 4) is 23.1 Å². The lowest BCUT2D eigenvalue weighted by molar-refractivity contribution is -0.0204. The van der Waals surface area contributed by atoms with Gasteiger partial charge in [0, 0.05) is 75.0 Å². The highest BCUT2D eigenvalue weighted by atomic mass is 16.5. The van der Waals surface area contributed by atoms with E-state index in [9.17, 15) is 4.79 Å². The standard InChI is InChI=1S/C39H42N8O3/c1-40-16-28-5-4-6-33(41-28)44-17-23(18-44)20-47-36-29(12-26(15-32(36)49-2)39(48)46-21-27-11-25-14-30(46)35(25)27)42-38(47)31-13-24-9-10-34(50-3)43-37(24)45(31)19-22-7-8-22/h4-6,9-10,12-13,15-16,22-23,25,27,30,35H,7-8,11,14,17-21H2,1-3H3/b40-16+/t25?,27?,30?,35-/m1/s1. The smallest absolute Gasteiger partial charge is 0.254 e. The maximum absolute atomic E-state index is 14.1. The predicted molar refractivity (Wildman–Crippen MR) is 192 cm³/mol. The second-order valence-electron chi connectivity index (χ2n) is 15.1. The first-order chi connectivity index (χ1) is 24.5. The van der Waals surface area contributed by atoms with E-state index in [4.69, 9.17) is 24.4 Å². The van der Waals surface area contributed by atoms with E-state index in [-0.39, 0.29) is 5.91 Å². The highest BCUT2D eigenvalue weighted by Gasteiger charge is 2.61. The van der Waals surface area contributed by atoms with Crippen molar-refractivity contribution in [2.75, 3.05) is 45.8 Å². The number of methoxy groups -OCH3 is 2. The van der Waals surface area contributed by atoms with Gasteiger partial charge in [-0.2, -0.15) is 4.98 Å². The molecule has 10 rings (SSSR count). The molecule has 1 amide bonds. The number of aromatic nitrogens is 5. The van der Waals surface area contributed by atoms with Gasteiger partial charge in [-0.05, 0) is 85.8 Å². The van der Waals surface area contributed by atoms with Crippen LogP contribution in [0.2, 0.25) is 0 Å². The number of pyridine rings is 2. The molecule has 256 valence electrons. The first kappa shape index (κ1) is 29.9. The van der Waals surface area contributed by atoms with Crippen LogP contribution in [0.5, 0.6) is 11.6 Å². The number of fused-ring (bicyclic) bond motifs is 2. The summed E-state index contributed by atoms with van der Waals surface area (Å²) < 4.78 is 16.3. The van der Waals surface area contributed by atoms with Gasteiger partial charge in [-0.15, -0.1) is 0 Å². The summed E-state index contributed by atoms with van der Waals surface area (Å²) >= 11 is 0. The minimum atomic E-state index is 0.107. The van der Waals surface area contributed by atoms with Gasteiger partial charge in [0.2, 0.25) is 5.88 Å². The topological polar surface area (TPSA) is 103 Å². The van der Waals surface area contributed by atoms with Crippen molar-refractivity contribution in [1.82, 2.24) is 29.0 Å². The number of carbonyl (C=O) groups excluding carboxylic acids is 1. The van der Waals surface area contributed by atoms with Crippen molar-refractivity contribution >= 4 is 40.0 Å². The van der Waals surface area contributed by atoms with E-state index in [1.807, 2.05) is 30.3 Å². The fourth-order valence-corrected chi connectivity index (χ4v) is 9.35. The molecular formula is C39H42N8O3. The Hall–Kier alpha value is -4.93. The van der Waals surface area contributed by atoms with E-state index in [1.165, 1.54) is 19.3 Å². The summed E-state index contributed by atoms with van der Waals surface area (Å²) in [4.78, 5) is 37.8. The van der Waals surface area contributed by atoms with Gasteiger partial charge in [-0.1, -0.05) is 6.07 Å². The molecule has 3 saturated carbocycles. The van der Waals surface area contributed by atoms with Crippen molar-refractivity contribution in [1.29, 1.82) is 0 Å². The van der Waals surface area contributed by atoms with Crippen LogP contribution in [0, 0.1) is 29.6 Å². The third-order valence-corrected chi connectivity index (χ3v) is 12.1. The normalized spacial score (nSPS) is 24.1. The molecule has 5 fully saturated rings. The van der Waals surface area contributed by atoms with Crippen LogP contribution in [-0.2, 0) is 13.1 Å². The molecule has 0 bridgehead atoms. The zero-order chi connectivity index (χ0) is 33.7. The molecule has 1 aromatic carbocycles. The molecule has 5 aromatic rings. The molecule has 5 aliphatic rings. The van der Waals surface area contributed by atoms with Gasteiger partial charge in [0.25, 0.3) is 5.91 Å². The number of aliphatic imine (C=N–C) groups is 1. The van der Waals surface area contributed by atoms with Crippen molar-refractivity contribution in [2.45, 2.75) is 44.8 Å². The van der Waals surface area contributed by atoms with Gasteiger partial charge in [0.15, 0.2) is 5.82 Å². The number of amides is 1. The van der Waals surface area contributed by atoms with E-state index in [1.54, 1.807) is 27.5 Å². The summed E-state index contributed by atoms with van der Waals surface area (Å²) in [6, 6.07) is 16.7. The molecule has 6 heterocycles. The summed E-state index contributed by atoms with van der Waals surface area (Å²) in [5, 5.41) is 1.06. The molecule has 0 radical (unpaired) electrons. The van der Waals surface area contributed by atoms with Crippen LogP contribution in [0.3, 0.4) is 0 Å². The summed E-state index contributed by atoms with van der Waals surface area (Å²) in [5.41, 5.74) is 5.17. The van der Waals surface area contributed by atoms with Crippen LogP contribution in [-0.4, -0.2) is 88.1 Å². The van der Waals surface area contributed by atoms with E-state index in [0.717, 1.165) is 96.1 Å². The second-order valence-corrected chi connectivity index (χ2v) is 15.1. The minimum absolute atomic E-state index is 0.107. The molecule has 4 aromatic heterocycles. The quantitative estimate of drug-likeness (QED) is 0.180. The summed E-state index contributed by atoms with van der Waals surface area (Å²) in [6.45, 7) is 4.26. The molecule has 11 nitrogen and oxygen atoms in total. The number of nitrogens with zero attached hydrogens (tertiary/aromatic N) is 8. The maximum Gasteiger partial charge on any atom is 0.254 e. The van der Waals surface area contributed by atoms with Gasteiger partial charge in [0.1, 0.15) is 22.7 Å². The lowest BCUT2D eigenvalue weighted by Gasteiger charge is -2.52. The second kappa shape index (κ2) is 11.3. The maximum atomic E-state index is 14.1. The van der Waals surface area contributed by atoms with Crippen molar-refractivity contribution in [3.05, 3.63) is 59.8 Å². The van der Waals surface area contributed by atoms with E-state index in [0.29, 0.717) is 41.0 Å². The number of benzene rings is 1. The molecule has 2 saturated heterocycles. The monoisotopic (exact) mass is 670 g/mol.